The molecule has 1 fully saturated rings. The predicted molar refractivity (Wildman–Crippen MR) is 118 cm³/mol. The number of hydrogen-bond donors (Lipinski definition) is 2. The van der Waals surface area contributed by atoms with E-state index in [-0.39, 0.29) is 23.9 Å². The van der Waals surface area contributed by atoms with Crippen molar-refractivity contribution in [2.24, 2.45) is 0 Å². The molecule has 3 aromatic rings. The van der Waals surface area contributed by atoms with Crippen molar-refractivity contribution in [1.82, 2.24) is 19.5 Å². The summed E-state index contributed by atoms with van der Waals surface area (Å²) in [4.78, 5) is 43.6. The Balaban J connectivity index is 1.71. The molecule has 9 heteroatoms. The molecule has 0 saturated carbocycles. The molecule has 1 atom stereocenters. The van der Waals surface area contributed by atoms with Gasteiger partial charge in [0.25, 0.3) is 11.5 Å². The quantitative estimate of drug-likeness (QED) is 0.466. The topological polar surface area (TPSA) is 114 Å². The number of fused-ring (bicyclic) bond motifs is 1. The summed E-state index contributed by atoms with van der Waals surface area (Å²) in [6, 6.07) is 8.63. The average molecular weight is 442 g/mol. The second-order valence-corrected chi connectivity index (χ2v) is 8.27. The molecule has 0 unspecified atom stereocenters. The Morgan fingerprint density at radius 1 is 1.29 bits per heavy atom. The molecule has 8 nitrogen and oxygen atoms in total. The van der Waals surface area contributed by atoms with E-state index in [2.05, 4.69) is 10.1 Å². The summed E-state index contributed by atoms with van der Waals surface area (Å²) >= 11 is 5.45. The smallest absolute Gasteiger partial charge is 0.275 e. The molecule has 1 aliphatic heterocycles. The van der Waals surface area contributed by atoms with E-state index in [1.807, 2.05) is 4.90 Å². The first-order valence-corrected chi connectivity index (χ1v) is 10.7. The predicted octanol–water partition coefficient (Wildman–Crippen LogP) is 2.98. The Morgan fingerprint density at radius 3 is 2.81 bits per heavy atom. The number of piperidine rings is 1. The summed E-state index contributed by atoms with van der Waals surface area (Å²) in [5.74, 6) is -0.126. The van der Waals surface area contributed by atoms with E-state index in [9.17, 15) is 14.4 Å². The first-order chi connectivity index (χ1) is 14.9. The number of likely N-dealkylation sites (tertiary alicyclic amines) is 1. The molecule has 0 aliphatic carbocycles. The van der Waals surface area contributed by atoms with Crippen molar-refractivity contribution in [3.63, 3.8) is 0 Å². The Bertz CT molecular complexity index is 1220. The lowest BCUT2D eigenvalue weighted by molar-refractivity contribution is -0.111. The van der Waals surface area contributed by atoms with Crippen molar-refractivity contribution < 1.29 is 9.59 Å². The van der Waals surface area contributed by atoms with Crippen LogP contribution in [0.15, 0.2) is 35.1 Å². The minimum Gasteiger partial charge on any atom is -0.398 e. The van der Waals surface area contributed by atoms with Crippen LogP contribution in [0, 0.1) is 6.92 Å². The molecular formula is C22H24ClN5O3. The van der Waals surface area contributed by atoms with Crippen molar-refractivity contribution in [3.8, 4) is 0 Å². The van der Waals surface area contributed by atoms with E-state index < -0.39 is 5.24 Å². The largest absolute Gasteiger partial charge is 0.398 e. The fourth-order valence-electron chi connectivity index (χ4n) is 4.15. The number of para-hydroxylation sites is 1. The SMILES string of the molecule is Cc1c(CCC(=O)Cl)nc2cc([C@@H]3CCCCN3C(=O)c3ccccc3N)[nH]n2c1=O. The molecule has 0 spiro atoms. The number of H-pyrrole nitrogens is 1. The second-order valence-electron chi connectivity index (χ2n) is 7.85. The van der Waals surface area contributed by atoms with E-state index in [4.69, 9.17) is 17.3 Å². The van der Waals surface area contributed by atoms with Crippen LogP contribution in [0.1, 0.15) is 59.0 Å². The molecule has 3 heterocycles. The normalized spacial score (nSPS) is 16.6. The highest BCUT2D eigenvalue weighted by atomic mass is 35.5. The average Bonchev–Trinajstić information content (AvgIpc) is 3.19. The lowest BCUT2D eigenvalue weighted by Gasteiger charge is -2.35. The standard InChI is InChI=1S/C22H24ClN5O3/c1-13-16(9-10-19(23)29)25-20-12-17(26-28(20)21(13)30)18-8-4-5-11-27(18)22(31)14-6-2-3-7-15(14)24/h2-3,6-7,12,18,26H,4-5,8-11,24H2,1H3/t18-/m0/s1. The number of carbonyl (C=O) groups excluding carboxylic acids is 2. The van der Waals surface area contributed by atoms with Crippen LogP contribution >= 0.6 is 11.6 Å². The number of aryl methyl sites for hydroxylation is 1. The van der Waals surface area contributed by atoms with Gasteiger partial charge in [0.05, 0.1) is 23.0 Å². The van der Waals surface area contributed by atoms with E-state index in [0.29, 0.717) is 41.1 Å². The second kappa shape index (κ2) is 8.55. The third-order valence-corrected chi connectivity index (χ3v) is 6.02. The lowest BCUT2D eigenvalue weighted by Crippen LogP contribution is -2.39. The molecule has 0 radical (unpaired) electrons. The molecule has 1 amide bonds. The lowest BCUT2D eigenvalue weighted by atomic mass is 9.98. The zero-order valence-corrected chi connectivity index (χ0v) is 18.0. The van der Waals surface area contributed by atoms with Gasteiger partial charge in [0.15, 0.2) is 5.65 Å². The number of hydrogen-bond acceptors (Lipinski definition) is 5. The van der Waals surface area contributed by atoms with Gasteiger partial charge in [-0.2, -0.15) is 0 Å². The first-order valence-electron chi connectivity index (χ1n) is 10.3. The number of carbonyl (C=O) groups is 2. The summed E-state index contributed by atoms with van der Waals surface area (Å²) in [7, 11) is 0. The monoisotopic (exact) mass is 441 g/mol. The number of amides is 1. The molecular weight excluding hydrogens is 418 g/mol. The highest BCUT2D eigenvalue weighted by Crippen LogP contribution is 2.32. The molecule has 1 aliphatic rings. The number of aromatic amines is 1. The van der Waals surface area contributed by atoms with Gasteiger partial charge >= 0.3 is 0 Å². The molecule has 162 valence electrons. The van der Waals surface area contributed by atoms with Crippen molar-refractivity contribution in [3.05, 3.63) is 63.2 Å². The third kappa shape index (κ3) is 4.07. The molecule has 2 aromatic heterocycles. The Hall–Kier alpha value is -3.13. The van der Waals surface area contributed by atoms with Crippen LogP contribution in [0.4, 0.5) is 5.69 Å². The number of aromatic nitrogens is 3. The molecule has 31 heavy (non-hydrogen) atoms. The van der Waals surface area contributed by atoms with Gasteiger partial charge in [-0.15, -0.1) is 0 Å². The zero-order chi connectivity index (χ0) is 22.1. The van der Waals surface area contributed by atoms with Gasteiger partial charge in [-0.25, -0.2) is 9.50 Å². The molecule has 1 saturated heterocycles. The van der Waals surface area contributed by atoms with Crippen LogP contribution < -0.4 is 11.3 Å². The number of nitrogens with two attached hydrogens (primary N) is 1. The minimum atomic E-state index is -0.465. The third-order valence-electron chi connectivity index (χ3n) is 5.83. The van der Waals surface area contributed by atoms with E-state index in [1.54, 1.807) is 37.3 Å². The number of nitrogen functional groups attached to an aromatic ring is 1. The molecule has 1 aromatic carbocycles. The van der Waals surface area contributed by atoms with Crippen molar-refractivity contribution in [1.29, 1.82) is 0 Å². The number of nitrogens with zero attached hydrogens (tertiary/aromatic N) is 3. The number of rotatable bonds is 5. The summed E-state index contributed by atoms with van der Waals surface area (Å²) in [5.41, 5.74) is 8.96. The Kier molecular flexibility index (Phi) is 5.82. The van der Waals surface area contributed by atoms with Crippen LogP contribution in [0.25, 0.3) is 5.65 Å². The van der Waals surface area contributed by atoms with Crippen LogP contribution in [0.3, 0.4) is 0 Å². The minimum absolute atomic E-state index is 0.117. The van der Waals surface area contributed by atoms with Crippen molar-refractivity contribution >= 4 is 34.1 Å². The maximum Gasteiger partial charge on any atom is 0.275 e. The number of nitrogens with one attached hydrogen (secondary N) is 1. The van der Waals surface area contributed by atoms with Crippen LogP contribution in [0.2, 0.25) is 0 Å². The summed E-state index contributed by atoms with van der Waals surface area (Å²) in [6.45, 7) is 2.29. The molecule has 4 rings (SSSR count). The number of benzene rings is 1. The van der Waals surface area contributed by atoms with Crippen LogP contribution in [-0.2, 0) is 11.2 Å². The fourth-order valence-corrected chi connectivity index (χ4v) is 4.24. The van der Waals surface area contributed by atoms with Gasteiger partial charge in [-0.1, -0.05) is 12.1 Å². The van der Waals surface area contributed by atoms with Gasteiger partial charge in [0.1, 0.15) is 0 Å². The van der Waals surface area contributed by atoms with E-state index >= 15 is 0 Å². The zero-order valence-electron chi connectivity index (χ0n) is 17.2. The van der Waals surface area contributed by atoms with E-state index in [1.165, 1.54) is 4.52 Å². The summed E-state index contributed by atoms with van der Waals surface area (Å²) < 4.78 is 1.39. The fraction of sp³-hybridized carbons (Fsp3) is 0.364. The van der Waals surface area contributed by atoms with Crippen molar-refractivity contribution in [2.45, 2.75) is 45.1 Å². The van der Waals surface area contributed by atoms with Gasteiger partial charge in [-0.05, 0) is 56.3 Å². The molecule has 3 N–H and O–H groups in total. The maximum atomic E-state index is 13.2. The highest BCUT2D eigenvalue weighted by Gasteiger charge is 2.31. The Morgan fingerprint density at radius 2 is 2.06 bits per heavy atom. The van der Waals surface area contributed by atoms with Gasteiger partial charge in [0, 0.05) is 30.3 Å². The van der Waals surface area contributed by atoms with E-state index in [0.717, 1.165) is 25.0 Å². The maximum absolute atomic E-state index is 13.2. The number of halogens is 1. The van der Waals surface area contributed by atoms with Gasteiger partial charge < -0.3 is 10.6 Å². The number of anilines is 1. The summed E-state index contributed by atoms with van der Waals surface area (Å²) in [5, 5.41) is 2.68. The van der Waals surface area contributed by atoms with Crippen molar-refractivity contribution in [2.75, 3.05) is 12.3 Å². The molecule has 0 bridgehead atoms. The van der Waals surface area contributed by atoms with Gasteiger partial charge in [0.2, 0.25) is 5.24 Å². The summed E-state index contributed by atoms with van der Waals surface area (Å²) in [6.07, 6.45) is 3.07. The van der Waals surface area contributed by atoms with Crippen LogP contribution in [-0.4, -0.2) is 37.2 Å². The van der Waals surface area contributed by atoms with Crippen LogP contribution in [0.5, 0.6) is 0 Å². The highest BCUT2D eigenvalue weighted by molar-refractivity contribution is 6.63. The van der Waals surface area contributed by atoms with Gasteiger partial charge in [-0.3, -0.25) is 19.5 Å². The Labute approximate surface area is 184 Å². The first kappa shape index (κ1) is 21.1.